The normalized spacial score (nSPS) is 10.5. The molecule has 0 fully saturated rings. The fourth-order valence-electron chi connectivity index (χ4n) is 2.03. The third-order valence-electron chi connectivity index (χ3n) is 2.99. The number of halogens is 1. The molecule has 1 aromatic carbocycles. The first kappa shape index (κ1) is 13.9. The van der Waals surface area contributed by atoms with E-state index in [-0.39, 0.29) is 0 Å². The van der Waals surface area contributed by atoms with Gasteiger partial charge in [-0.2, -0.15) is 5.10 Å². The molecule has 0 amide bonds. The molecule has 4 nitrogen and oxygen atoms in total. The summed E-state index contributed by atoms with van der Waals surface area (Å²) in [6.07, 6.45) is 2.62. The van der Waals surface area contributed by atoms with Gasteiger partial charge in [0.15, 0.2) is 0 Å². The number of aryl methyl sites for hydroxylation is 1. The second-order valence-corrected chi connectivity index (χ2v) is 4.92. The zero-order valence-corrected chi connectivity index (χ0v) is 12.9. The van der Waals surface area contributed by atoms with Gasteiger partial charge in [-0.1, -0.05) is 0 Å². The number of hydrogen-bond donors (Lipinski definition) is 0. The molecule has 0 aliphatic rings. The van der Waals surface area contributed by atoms with E-state index in [1.54, 1.807) is 14.2 Å². The molecule has 2 rings (SSSR count). The summed E-state index contributed by atoms with van der Waals surface area (Å²) in [5.74, 6) is 1.55. The number of rotatable bonds is 5. The molecule has 0 aliphatic carbocycles. The van der Waals surface area contributed by atoms with E-state index in [4.69, 9.17) is 9.47 Å². The van der Waals surface area contributed by atoms with Gasteiger partial charge < -0.3 is 9.47 Å². The van der Waals surface area contributed by atoms with E-state index in [0.29, 0.717) is 0 Å². The van der Waals surface area contributed by atoms with Crippen LogP contribution in [0.5, 0.6) is 11.5 Å². The zero-order chi connectivity index (χ0) is 13.8. The maximum absolute atomic E-state index is 5.35. The summed E-state index contributed by atoms with van der Waals surface area (Å²) >= 11 is 3.47. The van der Waals surface area contributed by atoms with Crippen molar-refractivity contribution in [2.45, 2.75) is 19.9 Å². The molecule has 0 saturated carbocycles. The van der Waals surface area contributed by atoms with Gasteiger partial charge in [-0.15, -0.1) is 0 Å². The van der Waals surface area contributed by atoms with E-state index in [0.717, 1.165) is 34.5 Å². The van der Waals surface area contributed by atoms with Crippen LogP contribution in [-0.2, 0) is 13.0 Å². The van der Waals surface area contributed by atoms with Crippen molar-refractivity contribution >= 4 is 15.9 Å². The van der Waals surface area contributed by atoms with Crippen LogP contribution in [0.15, 0.2) is 28.9 Å². The number of benzene rings is 1. The summed E-state index contributed by atoms with van der Waals surface area (Å²) in [7, 11) is 3.30. The molecule has 1 heterocycles. The smallest absolute Gasteiger partial charge is 0.137 e. The molecule has 0 bridgehead atoms. The summed E-state index contributed by atoms with van der Waals surface area (Å²) in [4.78, 5) is 0. The van der Waals surface area contributed by atoms with Crippen molar-refractivity contribution in [2.24, 2.45) is 0 Å². The lowest BCUT2D eigenvalue weighted by Gasteiger charge is -2.12. The van der Waals surface area contributed by atoms with Crippen LogP contribution in [-0.4, -0.2) is 24.0 Å². The Kier molecular flexibility index (Phi) is 4.47. The molecule has 0 saturated heterocycles. The van der Waals surface area contributed by atoms with E-state index in [2.05, 4.69) is 28.0 Å². The summed E-state index contributed by atoms with van der Waals surface area (Å²) in [6.45, 7) is 2.95. The van der Waals surface area contributed by atoms with Gasteiger partial charge >= 0.3 is 0 Å². The van der Waals surface area contributed by atoms with Crippen LogP contribution in [0.4, 0.5) is 0 Å². The molecule has 0 unspecified atom stereocenters. The summed E-state index contributed by atoms with van der Waals surface area (Å²) in [5, 5.41) is 4.28. The fraction of sp³-hybridized carbons (Fsp3) is 0.357. The minimum Gasteiger partial charge on any atom is -0.495 e. The second-order valence-electron chi connectivity index (χ2n) is 4.13. The lowest BCUT2D eigenvalue weighted by atomic mass is 10.1. The van der Waals surface area contributed by atoms with Crippen LogP contribution >= 0.6 is 15.9 Å². The second kappa shape index (κ2) is 6.10. The van der Waals surface area contributed by atoms with Crippen molar-refractivity contribution in [3.05, 3.63) is 40.1 Å². The Morgan fingerprint density at radius 2 is 1.84 bits per heavy atom. The maximum atomic E-state index is 5.35. The number of methoxy groups -OCH3 is 2. The van der Waals surface area contributed by atoms with Crippen molar-refractivity contribution in [1.82, 2.24) is 9.78 Å². The average molecular weight is 325 g/mol. The van der Waals surface area contributed by atoms with E-state index < -0.39 is 0 Å². The largest absolute Gasteiger partial charge is 0.495 e. The number of ether oxygens (including phenoxy) is 2. The topological polar surface area (TPSA) is 36.3 Å². The first-order valence-corrected chi connectivity index (χ1v) is 6.90. The summed E-state index contributed by atoms with van der Waals surface area (Å²) in [6, 6.07) is 6.06. The lowest BCUT2D eigenvalue weighted by Crippen LogP contribution is -2.03. The maximum Gasteiger partial charge on any atom is 0.137 e. The van der Waals surface area contributed by atoms with Gasteiger partial charge in [-0.3, -0.25) is 4.68 Å². The lowest BCUT2D eigenvalue weighted by molar-refractivity contribution is 0.388. The summed E-state index contributed by atoms with van der Waals surface area (Å²) in [5.41, 5.74) is 2.31. The standard InChI is InChI=1S/C14H17BrN2O2/c1-4-17-11(5-6-16-17)7-10-8-12(18-2)14(15)13(9-10)19-3/h5-6,8-9H,4,7H2,1-3H3. The van der Waals surface area contributed by atoms with Crippen molar-refractivity contribution in [3.63, 3.8) is 0 Å². The van der Waals surface area contributed by atoms with Gasteiger partial charge in [0, 0.05) is 24.9 Å². The molecule has 1 aromatic heterocycles. The van der Waals surface area contributed by atoms with Gasteiger partial charge in [-0.25, -0.2) is 0 Å². The van der Waals surface area contributed by atoms with Crippen molar-refractivity contribution in [3.8, 4) is 11.5 Å². The van der Waals surface area contributed by atoms with E-state index >= 15 is 0 Å². The molecule has 0 aliphatic heterocycles. The third-order valence-corrected chi connectivity index (χ3v) is 3.78. The Balaban J connectivity index is 2.35. The van der Waals surface area contributed by atoms with Gasteiger partial charge in [0.1, 0.15) is 16.0 Å². The van der Waals surface area contributed by atoms with Crippen LogP contribution < -0.4 is 9.47 Å². The molecular formula is C14H17BrN2O2. The van der Waals surface area contributed by atoms with Crippen LogP contribution in [0.2, 0.25) is 0 Å². The Hall–Kier alpha value is -1.49. The molecule has 102 valence electrons. The summed E-state index contributed by atoms with van der Waals surface area (Å²) < 4.78 is 13.5. The molecular weight excluding hydrogens is 308 g/mol. The predicted octanol–water partition coefficient (Wildman–Crippen LogP) is 3.27. The molecule has 5 heteroatoms. The first-order chi connectivity index (χ1) is 9.19. The number of nitrogens with zero attached hydrogens (tertiary/aromatic N) is 2. The number of aromatic nitrogens is 2. The average Bonchev–Trinajstić information content (AvgIpc) is 2.87. The van der Waals surface area contributed by atoms with Crippen molar-refractivity contribution in [1.29, 1.82) is 0 Å². The quantitative estimate of drug-likeness (QED) is 0.846. The molecule has 0 atom stereocenters. The molecule has 0 radical (unpaired) electrons. The highest BCUT2D eigenvalue weighted by atomic mass is 79.9. The molecule has 0 spiro atoms. The van der Waals surface area contributed by atoms with Crippen LogP contribution in [0, 0.1) is 0 Å². The van der Waals surface area contributed by atoms with Crippen LogP contribution in [0.1, 0.15) is 18.2 Å². The minimum absolute atomic E-state index is 0.775. The highest BCUT2D eigenvalue weighted by Gasteiger charge is 2.11. The van der Waals surface area contributed by atoms with Crippen LogP contribution in [0.3, 0.4) is 0 Å². The highest BCUT2D eigenvalue weighted by Crippen LogP contribution is 2.36. The minimum atomic E-state index is 0.775. The predicted molar refractivity (Wildman–Crippen MR) is 78.0 cm³/mol. The molecule has 2 aromatic rings. The van der Waals surface area contributed by atoms with Crippen molar-refractivity contribution < 1.29 is 9.47 Å². The highest BCUT2D eigenvalue weighted by molar-refractivity contribution is 9.10. The Labute approximate surface area is 121 Å². The Bertz CT molecular complexity index is 541. The fourth-order valence-corrected chi connectivity index (χ4v) is 2.58. The zero-order valence-electron chi connectivity index (χ0n) is 11.3. The van der Waals surface area contributed by atoms with E-state index in [1.807, 2.05) is 29.1 Å². The van der Waals surface area contributed by atoms with Crippen molar-refractivity contribution in [2.75, 3.05) is 14.2 Å². The molecule has 19 heavy (non-hydrogen) atoms. The van der Waals surface area contributed by atoms with Gasteiger partial charge in [0.25, 0.3) is 0 Å². The van der Waals surface area contributed by atoms with Gasteiger partial charge in [0.05, 0.1) is 14.2 Å². The Morgan fingerprint density at radius 3 is 2.37 bits per heavy atom. The first-order valence-electron chi connectivity index (χ1n) is 6.10. The van der Waals surface area contributed by atoms with E-state index in [1.165, 1.54) is 5.69 Å². The van der Waals surface area contributed by atoms with Gasteiger partial charge in [-0.05, 0) is 46.6 Å². The number of hydrogen-bond acceptors (Lipinski definition) is 3. The van der Waals surface area contributed by atoms with Gasteiger partial charge in [0.2, 0.25) is 0 Å². The third kappa shape index (κ3) is 2.92. The Morgan fingerprint density at radius 1 is 1.21 bits per heavy atom. The van der Waals surface area contributed by atoms with Crippen LogP contribution in [0.25, 0.3) is 0 Å². The SMILES string of the molecule is CCn1nccc1Cc1cc(OC)c(Br)c(OC)c1. The monoisotopic (exact) mass is 324 g/mol. The molecule has 0 N–H and O–H groups in total. The van der Waals surface area contributed by atoms with E-state index in [9.17, 15) is 0 Å².